The first-order valence-corrected chi connectivity index (χ1v) is 9.19. The van der Waals surface area contributed by atoms with Crippen LogP contribution < -0.4 is 19.5 Å². The van der Waals surface area contributed by atoms with E-state index in [1.54, 1.807) is 28.4 Å². The third-order valence-corrected chi connectivity index (χ3v) is 4.61. The summed E-state index contributed by atoms with van der Waals surface area (Å²) in [5.74, 6) is 2.79. The fourth-order valence-corrected chi connectivity index (χ4v) is 3.20. The molecule has 0 unspecified atom stereocenters. The van der Waals surface area contributed by atoms with Gasteiger partial charge in [0, 0.05) is 46.3 Å². The van der Waals surface area contributed by atoms with Gasteiger partial charge >= 0.3 is 0 Å². The summed E-state index contributed by atoms with van der Waals surface area (Å²) in [6.07, 6.45) is 0.500. The largest absolute Gasteiger partial charge is 0.493 e. The molecule has 7 nitrogen and oxygen atoms in total. The summed E-state index contributed by atoms with van der Waals surface area (Å²) in [4.78, 5) is 8.89. The Morgan fingerprint density at radius 2 is 1.70 bits per heavy atom. The maximum absolute atomic E-state index is 12.3. The molecule has 1 fully saturated rings. The number of benzene rings is 1. The van der Waals surface area contributed by atoms with Crippen LogP contribution in [-0.4, -0.2) is 83.5 Å². The van der Waals surface area contributed by atoms with Gasteiger partial charge in [0.25, 0.3) is 0 Å². The van der Waals surface area contributed by atoms with Crippen LogP contribution in [0.3, 0.4) is 0 Å². The van der Waals surface area contributed by atoms with Crippen molar-refractivity contribution in [3.63, 3.8) is 0 Å². The van der Waals surface area contributed by atoms with Crippen molar-refractivity contribution < 1.29 is 18.6 Å². The average molecular weight is 382 g/mol. The van der Waals surface area contributed by atoms with E-state index < -0.39 is 0 Å². The topological polar surface area (TPSA) is 58.6 Å². The van der Waals surface area contributed by atoms with Crippen molar-refractivity contribution in [2.75, 3.05) is 67.8 Å². The fourth-order valence-electron chi connectivity index (χ4n) is 3.20. The number of hydrogen-bond donors (Lipinski definition) is 1. The van der Waals surface area contributed by atoms with Crippen LogP contribution in [0.15, 0.2) is 17.1 Å². The molecule has 8 heteroatoms. The Hall–Kier alpha value is -2.22. The van der Waals surface area contributed by atoms with Crippen molar-refractivity contribution in [2.45, 2.75) is 13.0 Å². The fraction of sp³-hybridized carbons (Fsp3) is 0.632. The molecule has 0 atom stereocenters. The minimum atomic E-state index is -0.313. The summed E-state index contributed by atoms with van der Waals surface area (Å²) < 4.78 is 28.5. The molecule has 2 rings (SSSR count). The van der Waals surface area contributed by atoms with Gasteiger partial charge in [0.05, 0.1) is 28.0 Å². The highest BCUT2D eigenvalue weighted by molar-refractivity contribution is 5.79. The number of guanidine groups is 1. The summed E-state index contributed by atoms with van der Waals surface area (Å²) >= 11 is 0. The van der Waals surface area contributed by atoms with E-state index in [0.717, 1.165) is 44.2 Å². The minimum absolute atomic E-state index is 0.313. The number of aliphatic imine (C=N–C) groups is 1. The highest BCUT2D eigenvalue weighted by Crippen LogP contribution is 2.38. The SMILES string of the molecule is CN=C(NCCCF)N1CCN(Cc2cc(OC)c(OC)c(OC)c2)CC1. The van der Waals surface area contributed by atoms with E-state index in [1.807, 2.05) is 12.1 Å². The van der Waals surface area contributed by atoms with Crippen molar-refractivity contribution in [3.05, 3.63) is 17.7 Å². The highest BCUT2D eigenvalue weighted by Gasteiger charge is 2.21. The Kier molecular flexibility index (Phi) is 8.44. The van der Waals surface area contributed by atoms with Crippen molar-refractivity contribution in [2.24, 2.45) is 4.99 Å². The van der Waals surface area contributed by atoms with Gasteiger partial charge in [-0.2, -0.15) is 0 Å². The van der Waals surface area contributed by atoms with Crippen LogP contribution in [0.5, 0.6) is 17.2 Å². The first-order valence-electron chi connectivity index (χ1n) is 9.19. The Bertz CT molecular complexity index is 594. The number of hydrogen-bond acceptors (Lipinski definition) is 5. The molecule has 1 N–H and O–H groups in total. The maximum atomic E-state index is 12.3. The lowest BCUT2D eigenvalue weighted by molar-refractivity contribution is 0.172. The molecule has 0 bridgehead atoms. The normalized spacial score (nSPS) is 15.6. The molecule has 1 aliphatic heterocycles. The molecular formula is C19H31FN4O3. The smallest absolute Gasteiger partial charge is 0.203 e. The van der Waals surface area contributed by atoms with E-state index in [-0.39, 0.29) is 6.67 Å². The first kappa shape index (κ1) is 21.1. The number of rotatable bonds is 8. The second-order valence-electron chi connectivity index (χ2n) is 6.31. The molecule has 152 valence electrons. The quantitative estimate of drug-likeness (QED) is 0.420. The van der Waals surface area contributed by atoms with Crippen LogP contribution in [0, 0.1) is 0 Å². The molecule has 0 radical (unpaired) electrons. The molecule has 1 heterocycles. The van der Waals surface area contributed by atoms with Crippen molar-refractivity contribution in [1.82, 2.24) is 15.1 Å². The highest BCUT2D eigenvalue weighted by atomic mass is 19.1. The van der Waals surface area contributed by atoms with Gasteiger partial charge in [0.2, 0.25) is 5.75 Å². The summed E-state index contributed by atoms with van der Waals surface area (Å²) in [5, 5.41) is 3.22. The van der Waals surface area contributed by atoms with E-state index in [0.29, 0.717) is 30.2 Å². The molecule has 0 aliphatic carbocycles. The monoisotopic (exact) mass is 382 g/mol. The summed E-state index contributed by atoms with van der Waals surface area (Å²) in [6.45, 7) is 4.68. The van der Waals surface area contributed by atoms with E-state index >= 15 is 0 Å². The second kappa shape index (κ2) is 10.8. The predicted octanol–water partition coefficient (Wildman–Crippen LogP) is 1.76. The third-order valence-electron chi connectivity index (χ3n) is 4.61. The molecular weight excluding hydrogens is 351 g/mol. The van der Waals surface area contributed by atoms with Crippen LogP contribution in [0.2, 0.25) is 0 Å². The lowest BCUT2D eigenvalue weighted by Crippen LogP contribution is -2.52. The number of nitrogens with one attached hydrogen (secondary N) is 1. The van der Waals surface area contributed by atoms with Gasteiger partial charge in [0.15, 0.2) is 17.5 Å². The van der Waals surface area contributed by atoms with Gasteiger partial charge in [-0.25, -0.2) is 0 Å². The molecule has 0 aromatic heterocycles. The van der Waals surface area contributed by atoms with Crippen LogP contribution in [0.1, 0.15) is 12.0 Å². The number of alkyl halides is 1. The van der Waals surface area contributed by atoms with Gasteiger partial charge in [-0.15, -0.1) is 0 Å². The van der Waals surface area contributed by atoms with Crippen LogP contribution in [-0.2, 0) is 6.54 Å². The van der Waals surface area contributed by atoms with Crippen LogP contribution in [0.25, 0.3) is 0 Å². The van der Waals surface area contributed by atoms with Gasteiger partial charge in [-0.3, -0.25) is 14.3 Å². The minimum Gasteiger partial charge on any atom is -0.493 e. The summed E-state index contributed by atoms with van der Waals surface area (Å²) in [7, 11) is 6.62. The summed E-state index contributed by atoms with van der Waals surface area (Å²) in [6, 6.07) is 3.98. The summed E-state index contributed by atoms with van der Waals surface area (Å²) in [5.41, 5.74) is 1.11. The van der Waals surface area contributed by atoms with Crippen molar-refractivity contribution in [1.29, 1.82) is 0 Å². The molecule has 0 amide bonds. The van der Waals surface area contributed by atoms with Gasteiger partial charge in [-0.1, -0.05) is 0 Å². The Labute approximate surface area is 161 Å². The third kappa shape index (κ3) is 5.63. The number of methoxy groups -OCH3 is 3. The van der Waals surface area contributed by atoms with Gasteiger partial charge in [0.1, 0.15) is 0 Å². The second-order valence-corrected chi connectivity index (χ2v) is 6.31. The zero-order chi connectivity index (χ0) is 19.6. The van der Waals surface area contributed by atoms with Crippen molar-refractivity contribution >= 4 is 5.96 Å². The van der Waals surface area contributed by atoms with Gasteiger partial charge < -0.3 is 24.4 Å². The number of piperazine rings is 1. The van der Waals surface area contributed by atoms with Crippen molar-refractivity contribution in [3.8, 4) is 17.2 Å². The Balaban J connectivity index is 1.95. The Morgan fingerprint density at radius 1 is 1.07 bits per heavy atom. The average Bonchev–Trinajstić information content (AvgIpc) is 2.71. The van der Waals surface area contributed by atoms with E-state index in [1.165, 1.54) is 0 Å². The van der Waals surface area contributed by atoms with E-state index in [4.69, 9.17) is 14.2 Å². The molecule has 27 heavy (non-hydrogen) atoms. The first-order chi connectivity index (χ1) is 13.2. The predicted molar refractivity (Wildman–Crippen MR) is 105 cm³/mol. The molecule has 1 aliphatic rings. The van der Waals surface area contributed by atoms with E-state index in [9.17, 15) is 4.39 Å². The van der Waals surface area contributed by atoms with E-state index in [2.05, 4.69) is 20.1 Å². The molecule has 1 saturated heterocycles. The zero-order valence-corrected chi connectivity index (χ0v) is 16.8. The van der Waals surface area contributed by atoms with Crippen LogP contribution >= 0.6 is 0 Å². The Morgan fingerprint density at radius 3 is 2.19 bits per heavy atom. The molecule has 0 saturated carbocycles. The number of nitrogens with zero attached hydrogens (tertiary/aromatic N) is 3. The standard InChI is InChI=1S/C19H31FN4O3/c1-21-19(22-7-5-6-20)24-10-8-23(9-11-24)14-15-12-16(25-2)18(27-4)17(13-15)26-3/h12-13H,5-11,14H2,1-4H3,(H,21,22). The van der Waals surface area contributed by atoms with Crippen LogP contribution in [0.4, 0.5) is 4.39 Å². The van der Waals surface area contributed by atoms with Gasteiger partial charge in [-0.05, 0) is 24.1 Å². The molecule has 1 aromatic carbocycles. The molecule has 0 spiro atoms. The number of halogens is 1. The maximum Gasteiger partial charge on any atom is 0.203 e. The molecule has 1 aromatic rings. The lowest BCUT2D eigenvalue weighted by Gasteiger charge is -2.36. The lowest BCUT2D eigenvalue weighted by atomic mass is 10.1. The number of ether oxygens (including phenoxy) is 3. The zero-order valence-electron chi connectivity index (χ0n) is 16.8.